The second-order valence-electron chi connectivity index (χ2n) is 3.84. The minimum Gasteiger partial charge on any atom is -0.330 e. The van der Waals surface area contributed by atoms with E-state index in [9.17, 15) is 0 Å². The molecule has 0 saturated heterocycles. The molecule has 2 N–H and O–H groups in total. The van der Waals surface area contributed by atoms with Gasteiger partial charge < -0.3 is 5.73 Å². The summed E-state index contributed by atoms with van der Waals surface area (Å²) in [6.45, 7) is 0.750. The fourth-order valence-corrected chi connectivity index (χ4v) is 2.18. The summed E-state index contributed by atoms with van der Waals surface area (Å²) in [6, 6.07) is 4.30. The molecule has 4 heteroatoms. The van der Waals surface area contributed by atoms with Gasteiger partial charge in [-0.2, -0.15) is 10.4 Å². The molecule has 0 bridgehead atoms. The maximum atomic E-state index is 8.86. The summed E-state index contributed by atoms with van der Waals surface area (Å²) >= 11 is 0. The predicted molar refractivity (Wildman–Crippen MR) is 52.4 cm³/mol. The molecular formula is C10H14N4. The van der Waals surface area contributed by atoms with Crippen molar-refractivity contribution in [2.24, 2.45) is 11.7 Å². The minimum atomic E-state index is 0.383. The third-order valence-corrected chi connectivity index (χ3v) is 2.98. The number of nitriles is 1. The van der Waals surface area contributed by atoms with E-state index in [2.05, 4.69) is 11.2 Å². The van der Waals surface area contributed by atoms with Crippen LogP contribution in [0.3, 0.4) is 0 Å². The van der Waals surface area contributed by atoms with Crippen LogP contribution in [0.25, 0.3) is 0 Å². The second kappa shape index (κ2) is 3.81. The fourth-order valence-electron chi connectivity index (χ4n) is 2.18. The van der Waals surface area contributed by atoms with Crippen LogP contribution in [0.15, 0.2) is 12.3 Å². The monoisotopic (exact) mass is 190 g/mol. The van der Waals surface area contributed by atoms with Crippen LogP contribution < -0.4 is 5.73 Å². The standard InChI is InChI=1S/C10H14N4/c11-6-8-1-2-9(5-8)14-10(7-12)3-4-13-14/h3-4,8-9H,1-2,5-6,11H2. The lowest BCUT2D eigenvalue weighted by Crippen LogP contribution is -2.13. The highest BCUT2D eigenvalue weighted by Crippen LogP contribution is 2.33. The van der Waals surface area contributed by atoms with Gasteiger partial charge in [-0.3, -0.25) is 4.68 Å². The highest BCUT2D eigenvalue weighted by Gasteiger charge is 2.26. The lowest BCUT2D eigenvalue weighted by atomic mass is 10.1. The first-order chi connectivity index (χ1) is 6.85. The van der Waals surface area contributed by atoms with Crippen molar-refractivity contribution in [1.82, 2.24) is 9.78 Å². The largest absolute Gasteiger partial charge is 0.330 e. The second-order valence-corrected chi connectivity index (χ2v) is 3.84. The molecular weight excluding hydrogens is 176 g/mol. The van der Waals surface area contributed by atoms with Gasteiger partial charge in [-0.1, -0.05) is 0 Å². The van der Waals surface area contributed by atoms with Gasteiger partial charge >= 0.3 is 0 Å². The molecule has 0 amide bonds. The van der Waals surface area contributed by atoms with Crippen molar-refractivity contribution in [2.75, 3.05) is 6.54 Å². The van der Waals surface area contributed by atoms with Gasteiger partial charge in [0.2, 0.25) is 0 Å². The van der Waals surface area contributed by atoms with E-state index >= 15 is 0 Å². The molecule has 14 heavy (non-hydrogen) atoms. The van der Waals surface area contributed by atoms with Crippen LogP contribution in [0, 0.1) is 17.2 Å². The molecule has 0 spiro atoms. The molecule has 1 heterocycles. The Morgan fingerprint density at radius 1 is 1.64 bits per heavy atom. The summed E-state index contributed by atoms with van der Waals surface area (Å²) < 4.78 is 1.84. The van der Waals surface area contributed by atoms with Crippen molar-refractivity contribution in [1.29, 1.82) is 5.26 Å². The summed E-state index contributed by atoms with van der Waals surface area (Å²) in [5.41, 5.74) is 6.29. The number of nitrogens with two attached hydrogens (primary N) is 1. The summed E-state index contributed by atoms with van der Waals surface area (Å²) in [4.78, 5) is 0. The highest BCUT2D eigenvalue weighted by atomic mass is 15.3. The van der Waals surface area contributed by atoms with Crippen molar-refractivity contribution in [2.45, 2.75) is 25.3 Å². The molecule has 0 aromatic carbocycles. The van der Waals surface area contributed by atoms with Crippen molar-refractivity contribution in [3.63, 3.8) is 0 Å². The molecule has 1 aliphatic rings. The van der Waals surface area contributed by atoms with Crippen LogP contribution in [-0.4, -0.2) is 16.3 Å². The average Bonchev–Trinajstić information content (AvgIpc) is 2.85. The Morgan fingerprint density at radius 3 is 3.14 bits per heavy atom. The predicted octanol–water partition coefficient (Wildman–Crippen LogP) is 1.05. The lowest BCUT2D eigenvalue weighted by Gasteiger charge is -2.11. The van der Waals surface area contributed by atoms with E-state index in [1.54, 1.807) is 12.3 Å². The van der Waals surface area contributed by atoms with Gasteiger partial charge in [-0.25, -0.2) is 0 Å². The van der Waals surface area contributed by atoms with Crippen molar-refractivity contribution in [3.05, 3.63) is 18.0 Å². The summed E-state index contributed by atoms with van der Waals surface area (Å²) in [6.07, 6.45) is 5.01. The molecule has 0 aliphatic heterocycles. The first-order valence-corrected chi connectivity index (χ1v) is 4.99. The lowest BCUT2D eigenvalue weighted by molar-refractivity contribution is 0.440. The Hall–Kier alpha value is -1.34. The van der Waals surface area contributed by atoms with E-state index in [4.69, 9.17) is 11.0 Å². The van der Waals surface area contributed by atoms with Crippen LogP contribution in [0.2, 0.25) is 0 Å². The van der Waals surface area contributed by atoms with Crippen molar-refractivity contribution in [3.8, 4) is 6.07 Å². The summed E-state index contributed by atoms with van der Waals surface area (Å²) in [7, 11) is 0. The van der Waals surface area contributed by atoms with Gasteiger partial charge in [0.05, 0.1) is 12.2 Å². The molecule has 1 saturated carbocycles. The Bertz CT molecular complexity index is 349. The molecule has 1 aromatic heterocycles. The Labute approximate surface area is 83.3 Å². The number of hydrogen-bond donors (Lipinski definition) is 1. The molecule has 2 unspecified atom stereocenters. The zero-order valence-corrected chi connectivity index (χ0v) is 8.06. The van der Waals surface area contributed by atoms with Crippen molar-refractivity contribution >= 4 is 0 Å². The molecule has 0 radical (unpaired) electrons. The van der Waals surface area contributed by atoms with Crippen LogP contribution in [0.1, 0.15) is 31.0 Å². The molecule has 74 valence electrons. The Morgan fingerprint density at radius 2 is 2.50 bits per heavy atom. The van der Waals surface area contributed by atoms with Crippen LogP contribution >= 0.6 is 0 Å². The minimum absolute atomic E-state index is 0.383. The van der Waals surface area contributed by atoms with Crippen LogP contribution in [0.5, 0.6) is 0 Å². The van der Waals surface area contributed by atoms with E-state index in [-0.39, 0.29) is 0 Å². The molecule has 1 aromatic rings. The molecule has 2 atom stereocenters. The van der Waals surface area contributed by atoms with Crippen molar-refractivity contribution < 1.29 is 0 Å². The molecule has 4 nitrogen and oxygen atoms in total. The maximum Gasteiger partial charge on any atom is 0.138 e. The number of nitrogens with zero attached hydrogens (tertiary/aromatic N) is 3. The average molecular weight is 190 g/mol. The van der Waals surface area contributed by atoms with E-state index in [0.29, 0.717) is 17.7 Å². The SMILES string of the molecule is N#Cc1ccnn1C1CCC(CN)C1. The van der Waals surface area contributed by atoms with Crippen LogP contribution in [0.4, 0.5) is 0 Å². The number of hydrogen-bond acceptors (Lipinski definition) is 3. The first-order valence-electron chi connectivity index (χ1n) is 4.99. The Kier molecular flexibility index (Phi) is 2.51. The van der Waals surface area contributed by atoms with Gasteiger partial charge in [0.25, 0.3) is 0 Å². The maximum absolute atomic E-state index is 8.86. The van der Waals surface area contributed by atoms with Gasteiger partial charge in [-0.05, 0) is 37.8 Å². The summed E-state index contributed by atoms with van der Waals surface area (Å²) in [5, 5.41) is 13.0. The normalized spacial score (nSPS) is 26.3. The smallest absolute Gasteiger partial charge is 0.138 e. The van der Waals surface area contributed by atoms with E-state index in [1.807, 2.05) is 4.68 Å². The van der Waals surface area contributed by atoms with E-state index in [0.717, 1.165) is 25.8 Å². The topological polar surface area (TPSA) is 67.6 Å². The van der Waals surface area contributed by atoms with Gasteiger partial charge in [-0.15, -0.1) is 0 Å². The molecule has 1 fully saturated rings. The highest BCUT2D eigenvalue weighted by molar-refractivity contribution is 5.19. The van der Waals surface area contributed by atoms with E-state index in [1.165, 1.54) is 0 Å². The fraction of sp³-hybridized carbons (Fsp3) is 0.600. The first kappa shape index (κ1) is 9.22. The van der Waals surface area contributed by atoms with Gasteiger partial charge in [0.1, 0.15) is 11.8 Å². The van der Waals surface area contributed by atoms with Gasteiger partial charge in [0.15, 0.2) is 0 Å². The third kappa shape index (κ3) is 1.51. The zero-order chi connectivity index (χ0) is 9.97. The molecule has 2 rings (SSSR count). The zero-order valence-electron chi connectivity index (χ0n) is 8.06. The van der Waals surface area contributed by atoms with Gasteiger partial charge in [0, 0.05) is 0 Å². The summed E-state index contributed by atoms with van der Waals surface area (Å²) in [5.74, 6) is 0.607. The number of aromatic nitrogens is 2. The quantitative estimate of drug-likeness (QED) is 0.758. The Balaban J connectivity index is 2.14. The van der Waals surface area contributed by atoms with Crippen LogP contribution in [-0.2, 0) is 0 Å². The number of rotatable bonds is 2. The third-order valence-electron chi connectivity index (χ3n) is 2.98. The molecule has 1 aliphatic carbocycles. The van der Waals surface area contributed by atoms with E-state index < -0.39 is 0 Å².